The van der Waals surface area contributed by atoms with Crippen LogP contribution in [0.1, 0.15) is 33.1 Å². The van der Waals surface area contributed by atoms with Crippen LogP contribution in [0.25, 0.3) is 0 Å². The molecule has 2 saturated heterocycles. The van der Waals surface area contributed by atoms with Crippen molar-refractivity contribution in [3.05, 3.63) is 0 Å². The van der Waals surface area contributed by atoms with E-state index in [9.17, 15) is 0 Å². The average Bonchev–Trinajstić information content (AvgIpc) is 2.58. The van der Waals surface area contributed by atoms with Gasteiger partial charge in [-0.2, -0.15) is 0 Å². The van der Waals surface area contributed by atoms with Crippen LogP contribution in [0.15, 0.2) is 0 Å². The molecule has 2 fully saturated rings. The molecule has 2 nitrogen and oxygen atoms in total. The molecule has 0 aromatic carbocycles. The number of nitrogens with zero attached hydrogens (tertiary/aromatic N) is 1. The zero-order chi connectivity index (χ0) is 8.55. The number of likely N-dealkylation sites (tertiary alicyclic amines) is 1. The molecule has 3 unspecified atom stereocenters. The van der Waals surface area contributed by atoms with E-state index in [0.717, 1.165) is 18.1 Å². The van der Waals surface area contributed by atoms with Gasteiger partial charge in [0.15, 0.2) is 0 Å². The molecule has 2 heteroatoms. The van der Waals surface area contributed by atoms with Gasteiger partial charge in [0, 0.05) is 24.7 Å². The fraction of sp³-hybridized carbons (Fsp3) is 1.00. The largest absolute Gasteiger partial charge is 0.313 e. The average molecular weight is 168 g/mol. The van der Waals surface area contributed by atoms with E-state index in [0.29, 0.717) is 0 Å². The van der Waals surface area contributed by atoms with Crippen LogP contribution in [0.5, 0.6) is 0 Å². The van der Waals surface area contributed by atoms with E-state index < -0.39 is 0 Å². The number of hydrogen-bond donors (Lipinski definition) is 1. The highest BCUT2D eigenvalue weighted by atomic mass is 15.2. The van der Waals surface area contributed by atoms with E-state index in [-0.39, 0.29) is 0 Å². The van der Waals surface area contributed by atoms with Crippen molar-refractivity contribution in [2.75, 3.05) is 13.1 Å². The Hall–Kier alpha value is -0.0800. The highest BCUT2D eigenvalue weighted by molar-refractivity contribution is 4.90. The van der Waals surface area contributed by atoms with Crippen LogP contribution >= 0.6 is 0 Å². The maximum absolute atomic E-state index is 3.53. The first-order chi connectivity index (χ1) is 5.77. The van der Waals surface area contributed by atoms with Crippen LogP contribution in [-0.2, 0) is 0 Å². The molecule has 2 aliphatic heterocycles. The van der Waals surface area contributed by atoms with Crippen LogP contribution in [0, 0.1) is 0 Å². The van der Waals surface area contributed by atoms with Crippen molar-refractivity contribution in [1.82, 2.24) is 10.2 Å². The van der Waals surface area contributed by atoms with E-state index in [2.05, 4.69) is 24.1 Å². The summed E-state index contributed by atoms with van der Waals surface area (Å²) in [6.45, 7) is 7.21. The first-order valence-electron chi connectivity index (χ1n) is 5.26. The maximum atomic E-state index is 3.53. The lowest BCUT2D eigenvalue weighted by molar-refractivity contribution is 0.200. The molecule has 2 aliphatic rings. The molecular weight excluding hydrogens is 148 g/mol. The van der Waals surface area contributed by atoms with Gasteiger partial charge in [0.1, 0.15) is 0 Å². The molecule has 0 amide bonds. The van der Waals surface area contributed by atoms with Gasteiger partial charge in [-0.05, 0) is 39.7 Å². The summed E-state index contributed by atoms with van der Waals surface area (Å²) >= 11 is 0. The zero-order valence-corrected chi connectivity index (χ0v) is 8.21. The Morgan fingerprint density at radius 1 is 1.33 bits per heavy atom. The third kappa shape index (κ3) is 1.50. The van der Waals surface area contributed by atoms with Crippen molar-refractivity contribution in [1.29, 1.82) is 0 Å². The minimum atomic E-state index is 0.739. The Balaban J connectivity index is 1.91. The summed E-state index contributed by atoms with van der Waals surface area (Å²) in [7, 11) is 0. The standard InChI is InChI=1S/C10H20N2/c1-8-6-10(7-11-8)12-5-3-4-9(12)2/h8-11H,3-7H2,1-2H3. The Morgan fingerprint density at radius 2 is 2.17 bits per heavy atom. The third-order valence-corrected chi connectivity index (χ3v) is 3.40. The van der Waals surface area contributed by atoms with E-state index in [4.69, 9.17) is 0 Å². The number of nitrogens with one attached hydrogen (secondary N) is 1. The Labute approximate surface area is 75.3 Å². The van der Waals surface area contributed by atoms with Crippen LogP contribution < -0.4 is 5.32 Å². The summed E-state index contributed by atoms with van der Waals surface area (Å²) < 4.78 is 0. The molecule has 12 heavy (non-hydrogen) atoms. The third-order valence-electron chi connectivity index (χ3n) is 3.40. The van der Waals surface area contributed by atoms with Crippen LogP contribution in [-0.4, -0.2) is 36.1 Å². The lowest BCUT2D eigenvalue weighted by Crippen LogP contribution is -2.38. The number of hydrogen-bond acceptors (Lipinski definition) is 2. The zero-order valence-electron chi connectivity index (χ0n) is 8.21. The lowest BCUT2D eigenvalue weighted by atomic mass is 10.1. The van der Waals surface area contributed by atoms with Gasteiger partial charge in [-0.1, -0.05) is 0 Å². The highest BCUT2D eigenvalue weighted by Gasteiger charge is 2.31. The normalized spacial score (nSPS) is 44.0. The van der Waals surface area contributed by atoms with Crippen molar-refractivity contribution >= 4 is 0 Å². The molecule has 70 valence electrons. The molecule has 0 aromatic rings. The van der Waals surface area contributed by atoms with Crippen molar-refractivity contribution in [2.45, 2.75) is 51.2 Å². The second kappa shape index (κ2) is 3.35. The fourth-order valence-electron chi connectivity index (χ4n) is 2.66. The van der Waals surface area contributed by atoms with Gasteiger partial charge in [0.2, 0.25) is 0 Å². The second-order valence-electron chi connectivity index (χ2n) is 4.43. The van der Waals surface area contributed by atoms with Crippen LogP contribution in [0.4, 0.5) is 0 Å². The predicted octanol–water partition coefficient (Wildman–Crippen LogP) is 1.22. The van der Waals surface area contributed by atoms with Gasteiger partial charge in [0.05, 0.1) is 0 Å². The lowest BCUT2D eigenvalue weighted by Gasteiger charge is -2.27. The maximum Gasteiger partial charge on any atom is 0.0238 e. The molecule has 0 aliphatic carbocycles. The van der Waals surface area contributed by atoms with Crippen LogP contribution in [0.3, 0.4) is 0 Å². The fourth-order valence-corrected chi connectivity index (χ4v) is 2.66. The van der Waals surface area contributed by atoms with Gasteiger partial charge in [-0.15, -0.1) is 0 Å². The van der Waals surface area contributed by atoms with Gasteiger partial charge in [0.25, 0.3) is 0 Å². The van der Waals surface area contributed by atoms with Gasteiger partial charge >= 0.3 is 0 Å². The molecule has 3 atom stereocenters. The minimum absolute atomic E-state index is 0.739. The second-order valence-corrected chi connectivity index (χ2v) is 4.43. The molecule has 0 spiro atoms. The van der Waals surface area contributed by atoms with E-state index in [1.165, 1.54) is 32.4 Å². The molecular formula is C10H20N2. The smallest absolute Gasteiger partial charge is 0.0238 e. The van der Waals surface area contributed by atoms with E-state index in [1.54, 1.807) is 0 Å². The minimum Gasteiger partial charge on any atom is -0.313 e. The van der Waals surface area contributed by atoms with E-state index in [1.807, 2.05) is 0 Å². The molecule has 0 aromatic heterocycles. The van der Waals surface area contributed by atoms with Crippen molar-refractivity contribution in [2.24, 2.45) is 0 Å². The Kier molecular flexibility index (Phi) is 2.37. The quantitative estimate of drug-likeness (QED) is 0.633. The van der Waals surface area contributed by atoms with Crippen molar-refractivity contribution < 1.29 is 0 Å². The summed E-state index contributed by atoms with van der Waals surface area (Å²) in [5.74, 6) is 0. The molecule has 0 bridgehead atoms. The molecule has 0 saturated carbocycles. The molecule has 2 rings (SSSR count). The Morgan fingerprint density at radius 3 is 2.67 bits per heavy atom. The summed E-state index contributed by atoms with van der Waals surface area (Å²) in [4.78, 5) is 2.69. The van der Waals surface area contributed by atoms with Crippen molar-refractivity contribution in [3.8, 4) is 0 Å². The summed E-state index contributed by atoms with van der Waals surface area (Å²) in [5.41, 5.74) is 0. The summed E-state index contributed by atoms with van der Waals surface area (Å²) in [5, 5.41) is 3.53. The summed E-state index contributed by atoms with van der Waals surface area (Å²) in [6.07, 6.45) is 4.17. The van der Waals surface area contributed by atoms with Crippen molar-refractivity contribution in [3.63, 3.8) is 0 Å². The Bertz CT molecular complexity index is 158. The first-order valence-corrected chi connectivity index (χ1v) is 5.26. The SMILES string of the molecule is CC1CC(N2CCCC2C)CN1. The monoisotopic (exact) mass is 168 g/mol. The number of rotatable bonds is 1. The predicted molar refractivity (Wildman–Crippen MR) is 51.3 cm³/mol. The van der Waals surface area contributed by atoms with Gasteiger partial charge in [-0.25, -0.2) is 0 Å². The summed E-state index contributed by atoms with van der Waals surface area (Å²) in [6, 6.07) is 2.40. The first kappa shape index (κ1) is 8.52. The van der Waals surface area contributed by atoms with E-state index >= 15 is 0 Å². The molecule has 0 radical (unpaired) electrons. The van der Waals surface area contributed by atoms with Gasteiger partial charge in [-0.3, -0.25) is 4.90 Å². The van der Waals surface area contributed by atoms with Gasteiger partial charge < -0.3 is 5.32 Å². The highest BCUT2D eigenvalue weighted by Crippen LogP contribution is 2.23. The molecule has 1 N–H and O–H groups in total. The van der Waals surface area contributed by atoms with Crippen LogP contribution in [0.2, 0.25) is 0 Å². The molecule has 2 heterocycles. The topological polar surface area (TPSA) is 15.3 Å².